The van der Waals surface area contributed by atoms with Crippen LogP contribution < -0.4 is 0 Å². The SMILES string of the molecule is CC(N(C)S(=O)(=O)c1ccc(Cl)cc1)C(C)(C)C. The summed E-state index contributed by atoms with van der Waals surface area (Å²) in [6, 6.07) is 6.14. The molecule has 0 radical (unpaired) electrons. The Morgan fingerprint density at radius 2 is 1.61 bits per heavy atom. The molecule has 0 saturated carbocycles. The van der Waals surface area contributed by atoms with Crippen molar-refractivity contribution in [1.29, 1.82) is 0 Å². The molecule has 5 heteroatoms. The van der Waals surface area contributed by atoms with Crippen molar-refractivity contribution in [2.45, 2.75) is 38.6 Å². The molecule has 1 rings (SSSR count). The van der Waals surface area contributed by atoms with Crippen LogP contribution in [0.25, 0.3) is 0 Å². The van der Waals surface area contributed by atoms with Gasteiger partial charge in [-0.1, -0.05) is 32.4 Å². The van der Waals surface area contributed by atoms with Gasteiger partial charge < -0.3 is 0 Å². The maximum Gasteiger partial charge on any atom is 0.243 e. The summed E-state index contributed by atoms with van der Waals surface area (Å²) in [5, 5.41) is 0.528. The molecule has 0 aliphatic carbocycles. The van der Waals surface area contributed by atoms with Crippen molar-refractivity contribution in [2.24, 2.45) is 5.41 Å². The molecule has 0 saturated heterocycles. The highest BCUT2D eigenvalue weighted by Crippen LogP contribution is 2.27. The van der Waals surface area contributed by atoms with Gasteiger partial charge in [-0.15, -0.1) is 0 Å². The molecule has 0 aromatic heterocycles. The zero-order chi connectivity index (χ0) is 14.1. The van der Waals surface area contributed by atoms with Crippen LogP contribution in [0.4, 0.5) is 0 Å². The van der Waals surface area contributed by atoms with Crippen molar-refractivity contribution < 1.29 is 8.42 Å². The summed E-state index contributed by atoms with van der Waals surface area (Å²) in [6.07, 6.45) is 0. The van der Waals surface area contributed by atoms with Crippen molar-refractivity contribution in [3.05, 3.63) is 29.3 Å². The second-order valence-corrected chi connectivity index (χ2v) is 7.95. The molecule has 1 aromatic rings. The Morgan fingerprint density at radius 3 is 2.00 bits per heavy atom. The number of hydrogen-bond donors (Lipinski definition) is 0. The van der Waals surface area contributed by atoms with E-state index in [4.69, 9.17) is 11.6 Å². The largest absolute Gasteiger partial charge is 0.243 e. The molecular formula is C13H20ClNO2S. The Balaban J connectivity index is 3.11. The first-order valence-electron chi connectivity index (χ1n) is 5.80. The van der Waals surface area contributed by atoms with Crippen LogP contribution in [0.3, 0.4) is 0 Å². The van der Waals surface area contributed by atoms with Crippen LogP contribution in [0.1, 0.15) is 27.7 Å². The predicted molar refractivity (Wildman–Crippen MR) is 75.3 cm³/mol. The molecule has 1 aromatic carbocycles. The summed E-state index contributed by atoms with van der Waals surface area (Å²) in [6.45, 7) is 7.97. The lowest BCUT2D eigenvalue weighted by molar-refractivity contribution is 0.216. The number of benzene rings is 1. The zero-order valence-corrected chi connectivity index (χ0v) is 13.0. The first kappa shape index (κ1) is 15.5. The quantitative estimate of drug-likeness (QED) is 0.855. The lowest BCUT2D eigenvalue weighted by atomic mass is 9.88. The minimum absolute atomic E-state index is 0.0989. The van der Waals surface area contributed by atoms with Crippen LogP contribution in [0, 0.1) is 5.41 Å². The van der Waals surface area contributed by atoms with E-state index < -0.39 is 10.0 Å². The third-order valence-corrected chi connectivity index (χ3v) is 5.48. The van der Waals surface area contributed by atoms with E-state index in [0.29, 0.717) is 5.02 Å². The van der Waals surface area contributed by atoms with Crippen molar-refractivity contribution in [1.82, 2.24) is 4.31 Å². The fourth-order valence-corrected chi connectivity index (χ4v) is 3.20. The van der Waals surface area contributed by atoms with Crippen LogP contribution in [-0.4, -0.2) is 25.8 Å². The summed E-state index contributed by atoms with van der Waals surface area (Å²) in [5.74, 6) is 0. The van der Waals surface area contributed by atoms with E-state index in [1.807, 2.05) is 27.7 Å². The van der Waals surface area contributed by atoms with E-state index in [9.17, 15) is 8.42 Å². The van der Waals surface area contributed by atoms with Crippen molar-refractivity contribution in [3.8, 4) is 0 Å². The molecule has 1 unspecified atom stereocenters. The van der Waals surface area contributed by atoms with Crippen molar-refractivity contribution in [2.75, 3.05) is 7.05 Å². The van der Waals surface area contributed by atoms with Crippen LogP contribution in [0.2, 0.25) is 5.02 Å². The summed E-state index contributed by atoms with van der Waals surface area (Å²) in [4.78, 5) is 0.269. The van der Waals surface area contributed by atoms with E-state index in [0.717, 1.165) is 0 Å². The predicted octanol–water partition coefficient (Wildman–Crippen LogP) is 3.40. The fourth-order valence-electron chi connectivity index (χ4n) is 1.53. The Morgan fingerprint density at radius 1 is 1.17 bits per heavy atom. The third kappa shape index (κ3) is 3.25. The van der Waals surface area contributed by atoms with E-state index in [1.54, 1.807) is 19.2 Å². The number of halogens is 1. The zero-order valence-electron chi connectivity index (χ0n) is 11.4. The van der Waals surface area contributed by atoms with Crippen molar-refractivity contribution in [3.63, 3.8) is 0 Å². The van der Waals surface area contributed by atoms with Gasteiger partial charge in [0.1, 0.15) is 0 Å². The minimum Gasteiger partial charge on any atom is -0.207 e. The van der Waals surface area contributed by atoms with Gasteiger partial charge in [0, 0.05) is 18.1 Å². The number of sulfonamides is 1. The second kappa shape index (κ2) is 5.19. The van der Waals surface area contributed by atoms with Crippen LogP contribution >= 0.6 is 11.6 Å². The molecule has 0 heterocycles. The van der Waals surface area contributed by atoms with E-state index in [2.05, 4.69) is 0 Å². The highest BCUT2D eigenvalue weighted by atomic mass is 35.5. The summed E-state index contributed by atoms with van der Waals surface area (Å²) in [7, 11) is -1.85. The average Bonchev–Trinajstić information content (AvgIpc) is 2.26. The van der Waals surface area contributed by atoms with Gasteiger partial charge in [0.15, 0.2) is 0 Å². The summed E-state index contributed by atoms with van der Waals surface area (Å²) >= 11 is 5.77. The fraction of sp³-hybridized carbons (Fsp3) is 0.538. The Hall–Kier alpha value is -0.580. The van der Waals surface area contributed by atoms with Gasteiger partial charge in [-0.3, -0.25) is 0 Å². The molecule has 0 aliphatic rings. The van der Waals surface area contributed by atoms with Crippen LogP contribution in [-0.2, 0) is 10.0 Å². The molecule has 102 valence electrons. The normalized spacial score (nSPS) is 14.8. The lowest BCUT2D eigenvalue weighted by Crippen LogP contribution is -2.42. The Kier molecular flexibility index (Phi) is 4.47. The van der Waals surface area contributed by atoms with Gasteiger partial charge in [0.2, 0.25) is 10.0 Å². The number of rotatable bonds is 3. The monoisotopic (exact) mass is 289 g/mol. The Labute approximate surface area is 115 Å². The van der Waals surface area contributed by atoms with Gasteiger partial charge in [0.05, 0.1) is 4.90 Å². The van der Waals surface area contributed by atoms with Gasteiger partial charge in [-0.2, -0.15) is 4.31 Å². The van der Waals surface area contributed by atoms with Gasteiger partial charge in [0.25, 0.3) is 0 Å². The molecule has 18 heavy (non-hydrogen) atoms. The van der Waals surface area contributed by atoms with Crippen LogP contribution in [0.5, 0.6) is 0 Å². The molecule has 0 bridgehead atoms. The lowest BCUT2D eigenvalue weighted by Gasteiger charge is -2.34. The highest BCUT2D eigenvalue weighted by molar-refractivity contribution is 7.89. The molecule has 0 spiro atoms. The maximum atomic E-state index is 12.4. The van der Waals surface area contributed by atoms with Gasteiger partial charge in [-0.05, 0) is 36.6 Å². The molecular weight excluding hydrogens is 270 g/mol. The van der Waals surface area contributed by atoms with E-state index >= 15 is 0 Å². The third-order valence-electron chi connectivity index (χ3n) is 3.29. The molecule has 1 atom stereocenters. The summed E-state index contributed by atoms with van der Waals surface area (Å²) < 4.78 is 26.2. The molecule has 0 amide bonds. The first-order chi connectivity index (χ1) is 8.06. The molecule has 0 fully saturated rings. The van der Waals surface area contributed by atoms with Gasteiger partial charge >= 0.3 is 0 Å². The average molecular weight is 290 g/mol. The molecule has 0 aliphatic heterocycles. The highest BCUT2D eigenvalue weighted by Gasteiger charge is 2.32. The maximum absolute atomic E-state index is 12.4. The number of nitrogens with zero attached hydrogens (tertiary/aromatic N) is 1. The van der Waals surface area contributed by atoms with Crippen molar-refractivity contribution >= 4 is 21.6 Å². The van der Waals surface area contributed by atoms with Crippen LogP contribution in [0.15, 0.2) is 29.2 Å². The topological polar surface area (TPSA) is 37.4 Å². The molecule has 0 N–H and O–H groups in total. The second-order valence-electron chi connectivity index (χ2n) is 5.52. The smallest absolute Gasteiger partial charge is 0.207 e. The first-order valence-corrected chi connectivity index (χ1v) is 7.62. The summed E-state index contributed by atoms with van der Waals surface area (Å²) in [5.41, 5.74) is -0.117. The molecule has 3 nitrogen and oxygen atoms in total. The van der Waals surface area contributed by atoms with E-state index in [1.165, 1.54) is 16.4 Å². The standard InChI is InChI=1S/C13H20ClNO2S/c1-10(13(2,3)4)15(5)18(16,17)12-8-6-11(14)7-9-12/h6-10H,1-5H3. The Bertz CT molecular complexity index is 503. The van der Waals surface area contributed by atoms with Gasteiger partial charge in [-0.25, -0.2) is 8.42 Å². The van der Waals surface area contributed by atoms with E-state index in [-0.39, 0.29) is 16.4 Å². The minimum atomic E-state index is -3.46. The number of hydrogen-bond acceptors (Lipinski definition) is 2.